The molecule has 0 radical (unpaired) electrons. The largest absolute Gasteiger partial charge is 0.497 e. The van der Waals surface area contributed by atoms with Gasteiger partial charge in [-0.15, -0.1) is 24.0 Å². The third-order valence-electron chi connectivity index (χ3n) is 5.78. The lowest BCUT2D eigenvalue weighted by molar-refractivity contribution is 0.119. The van der Waals surface area contributed by atoms with Crippen LogP contribution in [0.4, 0.5) is 5.69 Å². The summed E-state index contributed by atoms with van der Waals surface area (Å²) in [5, 5.41) is 3.50. The molecular formula is C21H37IN6O. The van der Waals surface area contributed by atoms with Crippen molar-refractivity contribution in [1.82, 2.24) is 20.0 Å². The van der Waals surface area contributed by atoms with Gasteiger partial charge in [0.25, 0.3) is 0 Å². The van der Waals surface area contributed by atoms with Crippen LogP contribution in [-0.4, -0.2) is 107 Å². The van der Waals surface area contributed by atoms with Crippen LogP contribution < -0.4 is 15.0 Å². The fraction of sp³-hybridized carbons (Fsp3) is 0.667. The van der Waals surface area contributed by atoms with Crippen molar-refractivity contribution < 1.29 is 4.74 Å². The van der Waals surface area contributed by atoms with Crippen molar-refractivity contribution in [2.45, 2.75) is 13.0 Å². The first-order valence-electron chi connectivity index (χ1n) is 10.4. The fourth-order valence-corrected chi connectivity index (χ4v) is 3.89. The van der Waals surface area contributed by atoms with Crippen molar-refractivity contribution in [2.75, 3.05) is 85.0 Å². The van der Waals surface area contributed by atoms with E-state index in [0.717, 1.165) is 70.6 Å². The molecule has 8 heteroatoms. The molecule has 0 bridgehead atoms. The third kappa shape index (κ3) is 6.62. The first-order valence-corrected chi connectivity index (χ1v) is 10.4. The minimum atomic E-state index is 0. The minimum Gasteiger partial charge on any atom is -0.497 e. The summed E-state index contributed by atoms with van der Waals surface area (Å²) in [7, 11) is 6.12. The first kappa shape index (κ1) is 24.0. The Morgan fingerprint density at radius 3 is 2.38 bits per heavy atom. The van der Waals surface area contributed by atoms with Crippen molar-refractivity contribution in [2.24, 2.45) is 4.99 Å². The van der Waals surface area contributed by atoms with Crippen LogP contribution in [0.3, 0.4) is 0 Å². The molecule has 2 aliphatic heterocycles. The van der Waals surface area contributed by atoms with Gasteiger partial charge in [0.1, 0.15) is 5.75 Å². The normalized spacial score (nSPS) is 21.7. The Balaban J connectivity index is 0.00000300. The summed E-state index contributed by atoms with van der Waals surface area (Å²) in [6.07, 6.45) is 0. The quantitative estimate of drug-likeness (QED) is 0.365. The van der Waals surface area contributed by atoms with Crippen molar-refractivity contribution in [3.63, 3.8) is 0 Å². The van der Waals surface area contributed by atoms with Crippen molar-refractivity contribution in [1.29, 1.82) is 0 Å². The predicted octanol–water partition coefficient (Wildman–Crippen LogP) is 1.65. The molecule has 0 saturated carbocycles. The zero-order valence-electron chi connectivity index (χ0n) is 18.3. The molecule has 1 aromatic rings. The smallest absolute Gasteiger partial charge is 0.194 e. The summed E-state index contributed by atoms with van der Waals surface area (Å²) in [4.78, 5) is 14.7. The highest BCUT2D eigenvalue weighted by atomic mass is 127. The number of rotatable bonds is 5. The van der Waals surface area contributed by atoms with Crippen molar-refractivity contribution >= 4 is 35.6 Å². The van der Waals surface area contributed by atoms with E-state index in [2.05, 4.69) is 58.1 Å². The second-order valence-corrected chi connectivity index (χ2v) is 7.76. The number of likely N-dealkylation sites (N-methyl/N-ethyl adjacent to an activating group) is 2. The third-order valence-corrected chi connectivity index (χ3v) is 5.78. The number of benzene rings is 1. The molecule has 1 aromatic carbocycles. The number of nitrogens with one attached hydrogen (secondary N) is 1. The maximum absolute atomic E-state index is 5.27. The van der Waals surface area contributed by atoms with Crippen LogP contribution in [0.25, 0.3) is 0 Å². The molecule has 0 spiro atoms. The number of guanidine groups is 1. The highest BCUT2D eigenvalue weighted by Crippen LogP contribution is 2.20. The average Bonchev–Trinajstić information content (AvgIpc) is 2.73. The molecule has 1 atom stereocenters. The number of hydrogen-bond donors (Lipinski definition) is 1. The maximum Gasteiger partial charge on any atom is 0.194 e. The zero-order chi connectivity index (χ0) is 19.9. The summed E-state index contributed by atoms with van der Waals surface area (Å²) in [5.74, 6) is 1.96. The molecule has 2 saturated heterocycles. The standard InChI is InChI=1S/C21H36N6O.HI/c1-5-22-21(23-16-19-17-24(2)10-11-25(19)3)27-14-12-26(13-15-27)18-6-8-20(28-4)9-7-18;/h6-9,19H,5,10-17H2,1-4H3,(H,22,23);1H. The lowest BCUT2D eigenvalue weighted by Gasteiger charge is -2.39. The molecule has 164 valence electrons. The lowest BCUT2D eigenvalue weighted by Crippen LogP contribution is -2.54. The molecule has 0 amide bonds. The van der Waals surface area contributed by atoms with Crippen molar-refractivity contribution in [3.05, 3.63) is 24.3 Å². The Morgan fingerprint density at radius 1 is 1.07 bits per heavy atom. The van der Waals surface area contributed by atoms with E-state index in [0.29, 0.717) is 6.04 Å². The molecule has 0 aliphatic carbocycles. The Kier molecular flexibility index (Phi) is 9.78. The van der Waals surface area contributed by atoms with Crippen LogP contribution in [0.5, 0.6) is 5.75 Å². The molecule has 2 aliphatic rings. The van der Waals surface area contributed by atoms with Gasteiger partial charge in [-0.2, -0.15) is 0 Å². The molecule has 2 heterocycles. The van der Waals surface area contributed by atoms with E-state index >= 15 is 0 Å². The second kappa shape index (κ2) is 11.8. The van der Waals surface area contributed by atoms with Gasteiger partial charge in [0.15, 0.2) is 5.96 Å². The van der Waals surface area contributed by atoms with E-state index in [1.807, 2.05) is 12.1 Å². The summed E-state index contributed by atoms with van der Waals surface area (Å²) >= 11 is 0. The van der Waals surface area contributed by atoms with E-state index < -0.39 is 0 Å². The van der Waals surface area contributed by atoms with Gasteiger partial charge < -0.3 is 24.8 Å². The Labute approximate surface area is 193 Å². The van der Waals surface area contributed by atoms with E-state index in [1.54, 1.807) is 7.11 Å². The minimum absolute atomic E-state index is 0. The van der Waals surface area contributed by atoms with Gasteiger partial charge >= 0.3 is 0 Å². The lowest BCUT2D eigenvalue weighted by atomic mass is 10.2. The van der Waals surface area contributed by atoms with Crippen LogP contribution in [0.2, 0.25) is 0 Å². The number of anilines is 1. The summed E-state index contributed by atoms with van der Waals surface area (Å²) < 4.78 is 5.27. The van der Waals surface area contributed by atoms with Gasteiger partial charge in [-0.25, -0.2) is 0 Å². The molecule has 29 heavy (non-hydrogen) atoms. The van der Waals surface area contributed by atoms with Gasteiger partial charge in [-0.3, -0.25) is 9.89 Å². The van der Waals surface area contributed by atoms with Gasteiger partial charge in [0, 0.05) is 64.1 Å². The Hall–Kier alpha value is -1.26. The van der Waals surface area contributed by atoms with Crippen LogP contribution in [0.1, 0.15) is 6.92 Å². The van der Waals surface area contributed by atoms with Gasteiger partial charge in [-0.1, -0.05) is 0 Å². The fourth-order valence-electron chi connectivity index (χ4n) is 3.89. The highest BCUT2D eigenvalue weighted by Gasteiger charge is 2.23. The van der Waals surface area contributed by atoms with Gasteiger partial charge in [0.05, 0.1) is 13.7 Å². The Bertz CT molecular complexity index is 633. The topological polar surface area (TPSA) is 46.6 Å². The van der Waals surface area contributed by atoms with Crippen LogP contribution in [0.15, 0.2) is 29.3 Å². The van der Waals surface area contributed by atoms with Crippen molar-refractivity contribution in [3.8, 4) is 5.75 Å². The first-order chi connectivity index (χ1) is 13.6. The summed E-state index contributed by atoms with van der Waals surface area (Å²) in [6, 6.07) is 8.84. The number of piperazine rings is 2. The monoisotopic (exact) mass is 516 g/mol. The highest BCUT2D eigenvalue weighted by molar-refractivity contribution is 14.0. The maximum atomic E-state index is 5.27. The van der Waals surface area contributed by atoms with Crippen LogP contribution >= 0.6 is 24.0 Å². The van der Waals surface area contributed by atoms with Crippen LogP contribution in [-0.2, 0) is 0 Å². The van der Waals surface area contributed by atoms with E-state index in [-0.39, 0.29) is 24.0 Å². The number of methoxy groups -OCH3 is 1. The second-order valence-electron chi connectivity index (χ2n) is 7.76. The zero-order valence-corrected chi connectivity index (χ0v) is 20.6. The molecular weight excluding hydrogens is 479 g/mol. The number of nitrogens with zero attached hydrogens (tertiary/aromatic N) is 5. The Morgan fingerprint density at radius 2 is 1.76 bits per heavy atom. The van der Waals surface area contributed by atoms with Gasteiger partial charge in [-0.05, 0) is 45.3 Å². The van der Waals surface area contributed by atoms with Gasteiger partial charge in [0.2, 0.25) is 0 Å². The van der Waals surface area contributed by atoms with E-state index in [1.165, 1.54) is 5.69 Å². The van der Waals surface area contributed by atoms with E-state index in [4.69, 9.17) is 9.73 Å². The van der Waals surface area contributed by atoms with Crippen LogP contribution in [0, 0.1) is 0 Å². The predicted molar refractivity (Wildman–Crippen MR) is 132 cm³/mol. The van der Waals surface area contributed by atoms with E-state index in [9.17, 15) is 0 Å². The average molecular weight is 516 g/mol. The molecule has 2 fully saturated rings. The number of hydrogen-bond acceptors (Lipinski definition) is 5. The summed E-state index contributed by atoms with van der Waals surface area (Å²) in [6.45, 7) is 11.2. The number of halogens is 1. The molecule has 7 nitrogen and oxygen atoms in total. The molecule has 3 rings (SSSR count). The molecule has 0 aromatic heterocycles. The number of ether oxygens (including phenoxy) is 1. The molecule has 1 unspecified atom stereocenters. The summed E-state index contributed by atoms with van der Waals surface area (Å²) in [5.41, 5.74) is 1.26. The SMILES string of the molecule is CCNC(=NCC1CN(C)CCN1C)N1CCN(c2ccc(OC)cc2)CC1.I. The number of aliphatic imine (C=N–C) groups is 1. The molecule has 1 N–H and O–H groups in total.